The van der Waals surface area contributed by atoms with Gasteiger partial charge in [0.1, 0.15) is 11.6 Å². The van der Waals surface area contributed by atoms with Crippen LogP contribution in [0.25, 0.3) is 0 Å². The summed E-state index contributed by atoms with van der Waals surface area (Å²) in [5.41, 5.74) is 0.821. The molecule has 0 bridgehead atoms. The highest BCUT2D eigenvalue weighted by molar-refractivity contribution is 6.30. The molecule has 0 aromatic carbocycles. The van der Waals surface area contributed by atoms with E-state index in [0.717, 1.165) is 5.69 Å². The van der Waals surface area contributed by atoms with Crippen LogP contribution in [-0.2, 0) is 16.8 Å². The highest BCUT2D eigenvalue weighted by Gasteiger charge is 2.19. The lowest BCUT2D eigenvalue weighted by Gasteiger charge is -2.13. The van der Waals surface area contributed by atoms with Crippen molar-refractivity contribution >= 4 is 17.5 Å². The van der Waals surface area contributed by atoms with Gasteiger partial charge in [-0.05, 0) is 6.92 Å². The van der Waals surface area contributed by atoms with Gasteiger partial charge in [-0.1, -0.05) is 20.8 Å². The Morgan fingerprint density at radius 2 is 2.25 bits per heavy atom. The molecule has 4 nitrogen and oxygen atoms in total. The van der Waals surface area contributed by atoms with Crippen molar-refractivity contribution in [2.45, 2.75) is 45.0 Å². The molecule has 0 aliphatic carbocycles. The summed E-state index contributed by atoms with van der Waals surface area (Å²) in [6, 6.07) is 0. The molecule has 0 saturated heterocycles. The number of oxazole rings is 1. The number of hydrogen-bond donors (Lipinski definition) is 1. The van der Waals surface area contributed by atoms with Crippen molar-refractivity contribution in [2.24, 2.45) is 0 Å². The van der Waals surface area contributed by atoms with Gasteiger partial charge in [-0.3, -0.25) is 4.79 Å². The first kappa shape index (κ1) is 13.0. The second-order valence-electron chi connectivity index (χ2n) is 4.71. The van der Waals surface area contributed by atoms with Crippen LogP contribution in [0.3, 0.4) is 0 Å². The number of nitrogens with zero attached hydrogens (tertiary/aromatic N) is 1. The highest BCUT2D eigenvalue weighted by atomic mass is 35.5. The SMILES string of the molecule is CC(Cl)C(=O)NCc1nc(C(C)(C)C)co1. The van der Waals surface area contributed by atoms with Crippen molar-refractivity contribution in [1.29, 1.82) is 0 Å². The summed E-state index contributed by atoms with van der Waals surface area (Å²) in [6.07, 6.45) is 1.62. The summed E-state index contributed by atoms with van der Waals surface area (Å²) in [5.74, 6) is 0.271. The molecule has 5 heteroatoms. The van der Waals surface area contributed by atoms with Crippen molar-refractivity contribution in [3.8, 4) is 0 Å². The number of aromatic nitrogens is 1. The van der Waals surface area contributed by atoms with Gasteiger partial charge in [0.25, 0.3) is 0 Å². The average molecular weight is 245 g/mol. The molecule has 0 aliphatic rings. The molecule has 1 rings (SSSR count). The number of hydrogen-bond acceptors (Lipinski definition) is 3. The average Bonchev–Trinajstić information content (AvgIpc) is 2.61. The Kier molecular flexibility index (Phi) is 3.97. The van der Waals surface area contributed by atoms with Crippen LogP contribution in [0.1, 0.15) is 39.3 Å². The van der Waals surface area contributed by atoms with E-state index in [9.17, 15) is 4.79 Å². The van der Waals surface area contributed by atoms with Crippen molar-refractivity contribution in [1.82, 2.24) is 10.3 Å². The third kappa shape index (κ3) is 3.52. The predicted octanol–water partition coefficient (Wildman–Crippen LogP) is 2.22. The van der Waals surface area contributed by atoms with Crippen molar-refractivity contribution in [2.75, 3.05) is 0 Å². The van der Waals surface area contributed by atoms with Gasteiger partial charge in [0, 0.05) is 5.41 Å². The summed E-state index contributed by atoms with van der Waals surface area (Å²) >= 11 is 5.61. The minimum atomic E-state index is -0.544. The van der Waals surface area contributed by atoms with E-state index in [-0.39, 0.29) is 17.9 Å². The Hall–Kier alpha value is -1.03. The Morgan fingerprint density at radius 3 is 2.69 bits per heavy atom. The zero-order chi connectivity index (χ0) is 12.3. The Bertz CT molecular complexity index is 366. The molecule has 1 amide bonds. The van der Waals surface area contributed by atoms with Crippen molar-refractivity contribution in [3.63, 3.8) is 0 Å². The summed E-state index contributed by atoms with van der Waals surface area (Å²) in [4.78, 5) is 15.5. The maximum Gasteiger partial charge on any atom is 0.238 e. The minimum Gasteiger partial charge on any atom is -0.447 e. The maximum atomic E-state index is 11.2. The first-order chi connectivity index (χ1) is 7.30. The fraction of sp³-hybridized carbons (Fsp3) is 0.636. The fourth-order valence-corrected chi connectivity index (χ4v) is 1.12. The smallest absolute Gasteiger partial charge is 0.238 e. The second kappa shape index (κ2) is 4.87. The quantitative estimate of drug-likeness (QED) is 0.830. The van der Waals surface area contributed by atoms with Gasteiger partial charge in [-0.2, -0.15) is 0 Å². The van der Waals surface area contributed by atoms with Crippen molar-refractivity contribution in [3.05, 3.63) is 17.8 Å². The number of amides is 1. The molecule has 0 fully saturated rings. The molecular formula is C11H17ClN2O2. The largest absolute Gasteiger partial charge is 0.447 e. The van der Waals surface area contributed by atoms with Gasteiger partial charge in [0.15, 0.2) is 0 Å². The van der Waals surface area contributed by atoms with Crippen LogP contribution < -0.4 is 5.32 Å². The van der Waals surface area contributed by atoms with Gasteiger partial charge in [0.05, 0.1) is 12.2 Å². The number of nitrogens with one attached hydrogen (secondary N) is 1. The topological polar surface area (TPSA) is 55.1 Å². The number of carbonyl (C=O) groups is 1. The number of rotatable bonds is 3. The molecule has 1 aromatic rings. The lowest BCUT2D eigenvalue weighted by molar-refractivity contribution is -0.120. The van der Waals surface area contributed by atoms with E-state index in [0.29, 0.717) is 5.89 Å². The van der Waals surface area contributed by atoms with Crippen LogP contribution in [0.2, 0.25) is 0 Å². The Labute approximate surface area is 100 Å². The zero-order valence-electron chi connectivity index (χ0n) is 10.0. The van der Waals surface area contributed by atoms with E-state index in [4.69, 9.17) is 16.0 Å². The van der Waals surface area contributed by atoms with E-state index in [1.54, 1.807) is 13.2 Å². The fourth-order valence-electron chi connectivity index (χ4n) is 1.04. The highest BCUT2D eigenvalue weighted by Crippen LogP contribution is 2.20. The standard InChI is InChI=1S/C11H17ClN2O2/c1-7(12)10(15)13-5-9-14-8(6-16-9)11(2,3)4/h6-7H,5H2,1-4H3,(H,13,15). The normalized spacial score (nSPS) is 13.6. The van der Waals surface area contributed by atoms with Gasteiger partial charge in [-0.25, -0.2) is 4.98 Å². The van der Waals surface area contributed by atoms with E-state index >= 15 is 0 Å². The minimum absolute atomic E-state index is 0.0501. The van der Waals surface area contributed by atoms with Crippen LogP contribution in [0.5, 0.6) is 0 Å². The second-order valence-corrected chi connectivity index (χ2v) is 5.36. The van der Waals surface area contributed by atoms with E-state index in [2.05, 4.69) is 10.3 Å². The first-order valence-electron chi connectivity index (χ1n) is 5.17. The van der Waals surface area contributed by atoms with Gasteiger partial charge in [0.2, 0.25) is 11.8 Å². The summed E-state index contributed by atoms with van der Waals surface area (Å²) < 4.78 is 5.25. The molecule has 0 aliphatic heterocycles. The number of carbonyl (C=O) groups excluding carboxylic acids is 1. The van der Waals surface area contributed by atoms with E-state index in [1.807, 2.05) is 20.8 Å². The number of alkyl halides is 1. The monoisotopic (exact) mass is 244 g/mol. The third-order valence-electron chi connectivity index (χ3n) is 2.10. The van der Waals surface area contributed by atoms with Gasteiger partial charge in [-0.15, -0.1) is 11.6 Å². The maximum absolute atomic E-state index is 11.2. The third-order valence-corrected chi connectivity index (χ3v) is 2.29. The van der Waals surface area contributed by atoms with E-state index in [1.165, 1.54) is 0 Å². The molecule has 0 radical (unpaired) electrons. The molecule has 1 unspecified atom stereocenters. The van der Waals surface area contributed by atoms with E-state index < -0.39 is 5.38 Å². The Balaban J connectivity index is 2.57. The van der Waals surface area contributed by atoms with Crippen LogP contribution >= 0.6 is 11.6 Å². The first-order valence-corrected chi connectivity index (χ1v) is 5.61. The molecular weight excluding hydrogens is 228 g/mol. The molecule has 16 heavy (non-hydrogen) atoms. The lowest BCUT2D eigenvalue weighted by Crippen LogP contribution is -2.29. The molecule has 1 N–H and O–H groups in total. The van der Waals surface area contributed by atoms with Crippen molar-refractivity contribution < 1.29 is 9.21 Å². The Morgan fingerprint density at radius 1 is 1.62 bits per heavy atom. The molecule has 1 heterocycles. The molecule has 0 saturated carbocycles. The van der Waals surface area contributed by atoms with Crippen LogP contribution in [0.4, 0.5) is 0 Å². The summed E-state index contributed by atoms with van der Waals surface area (Å²) in [7, 11) is 0. The molecule has 1 aromatic heterocycles. The van der Waals surface area contributed by atoms with Crippen LogP contribution in [0.15, 0.2) is 10.7 Å². The summed E-state index contributed by atoms with van der Waals surface area (Å²) in [5, 5.41) is 2.09. The lowest BCUT2D eigenvalue weighted by atomic mass is 9.93. The molecule has 1 atom stereocenters. The van der Waals surface area contributed by atoms with Crippen LogP contribution in [0, 0.1) is 0 Å². The van der Waals surface area contributed by atoms with Crippen LogP contribution in [-0.4, -0.2) is 16.3 Å². The van der Waals surface area contributed by atoms with Gasteiger partial charge >= 0.3 is 0 Å². The number of halogens is 1. The zero-order valence-corrected chi connectivity index (χ0v) is 10.8. The summed E-state index contributed by atoms with van der Waals surface area (Å²) in [6.45, 7) is 8.04. The van der Waals surface area contributed by atoms with Gasteiger partial charge < -0.3 is 9.73 Å². The molecule has 0 spiro atoms. The predicted molar refractivity (Wildman–Crippen MR) is 62.4 cm³/mol. The molecule has 90 valence electrons.